The summed E-state index contributed by atoms with van der Waals surface area (Å²) in [5.74, 6) is 0.119. The molecule has 1 aromatic heterocycles. The predicted octanol–water partition coefficient (Wildman–Crippen LogP) is 4.36. The summed E-state index contributed by atoms with van der Waals surface area (Å²) in [4.78, 5) is 24.2. The second kappa shape index (κ2) is 7.84. The molecule has 0 radical (unpaired) electrons. The maximum atomic E-state index is 12.3. The van der Waals surface area contributed by atoms with Crippen molar-refractivity contribution in [1.29, 1.82) is 0 Å². The molecule has 3 rings (SSSR count). The maximum Gasteiger partial charge on any atom is 0.336 e. The lowest BCUT2D eigenvalue weighted by Gasteiger charge is -2.11. The molecular weight excluding hydrogens is 368 g/mol. The fourth-order valence-corrected chi connectivity index (χ4v) is 3.09. The highest BCUT2D eigenvalue weighted by molar-refractivity contribution is 6.30. The van der Waals surface area contributed by atoms with Gasteiger partial charge in [0.2, 0.25) is 0 Å². The number of carbonyl (C=O) groups is 1. The minimum atomic E-state index is -0.473. The Hall–Kier alpha value is -2.79. The third kappa shape index (κ3) is 4.14. The van der Waals surface area contributed by atoms with E-state index in [2.05, 4.69) is 0 Å². The first-order valence-electron chi connectivity index (χ1n) is 8.40. The normalized spacial score (nSPS) is 10.8. The van der Waals surface area contributed by atoms with Crippen LogP contribution >= 0.6 is 11.6 Å². The molecule has 0 bridgehead atoms. The summed E-state index contributed by atoms with van der Waals surface area (Å²) >= 11 is 5.99. The molecule has 140 valence electrons. The van der Waals surface area contributed by atoms with E-state index in [-0.39, 0.29) is 13.0 Å². The molecule has 6 heteroatoms. The number of methoxy groups -OCH3 is 1. The zero-order valence-corrected chi connectivity index (χ0v) is 16.1. The lowest BCUT2D eigenvalue weighted by Crippen LogP contribution is -2.11. The monoisotopic (exact) mass is 386 g/mol. The summed E-state index contributed by atoms with van der Waals surface area (Å²) < 4.78 is 16.0. The first kappa shape index (κ1) is 19.0. The molecule has 5 nitrogen and oxygen atoms in total. The Balaban J connectivity index is 1.81. The molecule has 0 aliphatic heterocycles. The highest BCUT2D eigenvalue weighted by Crippen LogP contribution is 2.25. The molecule has 27 heavy (non-hydrogen) atoms. The Labute approximate surface area is 161 Å². The van der Waals surface area contributed by atoms with Gasteiger partial charge in [-0.2, -0.15) is 0 Å². The van der Waals surface area contributed by atoms with Gasteiger partial charge in [-0.25, -0.2) is 4.79 Å². The van der Waals surface area contributed by atoms with Crippen LogP contribution in [0.3, 0.4) is 0 Å². The van der Waals surface area contributed by atoms with Crippen LogP contribution < -0.4 is 10.4 Å². The third-order valence-electron chi connectivity index (χ3n) is 4.48. The summed E-state index contributed by atoms with van der Waals surface area (Å²) in [6, 6.07) is 10.2. The molecule has 0 amide bonds. The topological polar surface area (TPSA) is 65.7 Å². The molecule has 2 aromatic carbocycles. The minimum Gasteiger partial charge on any atom is -0.496 e. The summed E-state index contributed by atoms with van der Waals surface area (Å²) in [5, 5.41) is 1.27. The van der Waals surface area contributed by atoms with E-state index in [9.17, 15) is 9.59 Å². The number of hydrogen-bond donors (Lipinski definition) is 0. The van der Waals surface area contributed by atoms with Crippen LogP contribution in [0.4, 0.5) is 0 Å². The van der Waals surface area contributed by atoms with E-state index >= 15 is 0 Å². The van der Waals surface area contributed by atoms with E-state index in [0.717, 1.165) is 16.5 Å². The van der Waals surface area contributed by atoms with Crippen molar-refractivity contribution < 1.29 is 18.7 Å². The summed E-state index contributed by atoms with van der Waals surface area (Å²) in [6.45, 7) is 3.81. The van der Waals surface area contributed by atoms with Crippen molar-refractivity contribution in [3.63, 3.8) is 0 Å². The number of carbonyl (C=O) groups excluding carboxylic acids is 1. The van der Waals surface area contributed by atoms with E-state index < -0.39 is 11.6 Å². The van der Waals surface area contributed by atoms with Crippen molar-refractivity contribution in [2.45, 2.75) is 26.9 Å². The second-order valence-corrected chi connectivity index (χ2v) is 6.70. The van der Waals surface area contributed by atoms with Crippen LogP contribution in [-0.2, 0) is 22.6 Å². The van der Waals surface area contributed by atoms with Gasteiger partial charge in [-0.15, -0.1) is 0 Å². The largest absolute Gasteiger partial charge is 0.496 e. The van der Waals surface area contributed by atoms with Gasteiger partial charge in [0.15, 0.2) is 0 Å². The molecule has 0 spiro atoms. The van der Waals surface area contributed by atoms with Crippen molar-refractivity contribution in [2.24, 2.45) is 0 Å². The highest BCUT2D eigenvalue weighted by Gasteiger charge is 2.14. The van der Waals surface area contributed by atoms with Gasteiger partial charge in [0.05, 0.1) is 13.5 Å². The molecule has 0 fully saturated rings. The number of fused-ring (bicyclic) bond motifs is 1. The van der Waals surface area contributed by atoms with Crippen LogP contribution in [0.25, 0.3) is 11.0 Å². The van der Waals surface area contributed by atoms with E-state index in [1.165, 1.54) is 13.2 Å². The standard InChI is InChI=1S/C21H19ClO5/c1-12-4-6-17-15(10-20(24)27-21(17)13(12)2)11-26-19(23)9-14-8-16(22)5-7-18(14)25-3/h4-8,10H,9,11H2,1-3H3. The van der Waals surface area contributed by atoms with Crippen molar-refractivity contribution in [2.75, 3.05) is 7.11 Å². The quantitative estimate of drug-likeness (QED) is 0.481. The van der Waals surface area contributed by atoms with Gasteiger partial charge >= 0.3 is 11.6 Å². The number of esters is 1. The Bertz CT molecular complexity index is 1070. The Morgan fingerprint density at radius 1 is 1.11 bits per heavy atom. The average Bonchev–Trinajstić information content (AvgIpc) is 2.63. The Morgan fingerprint density at radius 2 is 1.89 bits per heavy atom. The molecule has 3 aromatic rings. The van der Waals surface area contributed by atoms with E-state index in [4.69, 9.17) is 25.5 Å². The fraction of sp³-hybridized carbons (Fsp3) is 0.238. The van der Waals surface area contributed by atoms with E-state index in [1.54, 1.807) is 18.2 Å². The lowest BCUT2D eigenvalue weighted by atomic mass is 10.0. The van der Waals surface area contributed by atoms with Crippen LogP contribution in [0.5, 0.6) is 5.75 Å². The first-order chi connectivity index (χ1) is 12.9. The van der Waals surface area contributed by atoms with Crippen molar-refractivity contribution in [1.82, 2.24) is 0 Å². The van der Waals surface area contributed by atoms with Gasteiger partial charge in [-0.05, 0) is 43.2 Å². The number of rotatable bonds is 5. The van der Waals surface area contributed by atoms with Gasteiger partial charge < -0.3 is 13.9 Å². The maximum absolute atomic E-state index is 12.3. The average molecular weight is 387 g/mol. The van der Waals surface area contributed by atoms with Crippen molar-refractivity contribution in [3.8, 4) is 5.75 Å². The number of benzene rings is 2. The number of hydrogen-bond acceptors (Lipinski definition) is 5. The summed E-state index contributed by atoms with van der Waals surface area (Å²) in [7, 11) is 1.53. The third-order valence-corrected chi connectivity index (χ3v) is 4.72. The number of ether oxygens (including phenoxy) is 2. The number of halogens is 1. The zero-order chi connectivity index (χ0) is 19.6. The predicted molar refractivity (Wildman–Crippen MR) is 103 cm³/mol. The van der Waals surface area contributed by atoms with E-state index in [0.29, 0.717) is 27.5 Å². The molecular formula is C21H19ClO5. The van der Waals surface area contributed by atoms with Gasteiger partial charge in [-0.1, -0.05) is 23.7 Å². The molecule has 0 atom stereocenters. The van der Waals surface area contributed by atoms with Crippen LogP contribution in [0.2, 0.25) is 5.02 Å². The summed E-state index contributed by atoms with van der Waals surface area (Å²) in [6.07, 6.45) is 0.0151. The first-order valence-corrected chi connectivity index (χ1v) is 8.78. The zero-order valence-electron chi connectivity index (χ0n) is 15.3. The van der Waals surface area contributed by atoms with E-state index in [1.807, 2.05) is 26.0 Å². The van der Waals surface area contributed by atoms with Gasteiger partial charge in [0, 0.05) is 27.6 Å². The SMILES string of the molecule is COc1ccc(Cl)cc1CC(=O)OCc1cc(=O)oc2c(C)c(C)ccc12. The lowest BCUT2D eigenvalue weighted by molar-refractivity contribution is -0.144. The van der Waals surface area contributed by atoms with Gasteiger partial charge in [0.25, 0.3) is 0 Å². The van der Waals surface area contributed by atoms with Gasteiger partial charge in [-0.3, -0.25) is 4.79 Å². The van der Waals surface area contributed by atoms with Crippen LogP contribution in [0.1, 0.15) is 22.3 Å². The highest BCUT2D eigenvalue weighted by atomic mass is 35.5. The van der Waals surface area contributed by atoms with Crippen LogP contribution in [0, 0.1) is 13.8 Å². The molecule has 0 aliphatic rings. The molecule has 0 aliphatic carbocycles. The smallest absolute Gasteiger partial charge is 0.336 e. The van der Waals surface area contributed by atoms with Crippen molar-refractivity contribution >= 4 is 28.5 Å². The fourth-order valence-electron chi connectivity index (χ4n) is 2.89. The second-order valence-electron chi connectivity index (χ2n) is 6.27. The van der Waals surface area contributed by atoms with Crippen molar-refractivity contribution in [3.05, 3.63) is 74.1 Å². The Morgan fingerprint density at radius 3 is 2.63 bits per heavy atom. The molecule has 0 unspecified atom stereocenters. The Kier molecular flexibility index (Phi) is 5.51. The molecule has 1 heterocycles. The number of aryl methyl sites for hydroxylation is 2. The molecule has 0 N–H and O–H groups in total. The van der Waals surface area contributed by atoms with Crippen LogP contribution in [-0.4, -0.2) is 13.1 Å². The van der Waals surface area contributed by atoms with Crippen LogP contribution in [0.15, 0.2) is 45.6 Å². The van der Waals surface area contributed by atoms with Gasteiger partial charge in [0.1, 0.15) is 17.9 Å². The minimum absolute atomic E-state index is 0.0151. The summed E-state index contributed by atoms with van der Waals surface area (Å²) in [5.41, 5.74) is 3.20. The molecule has 0 saturated heterocycles. The molecule has 0 saturated carbocycles.